The summed E-state index contributed by atoms with van der Waals surface area (Å²) in [6.45, 7) is 2.69. The lowest BCUT2D eigenvalue weighted by molar-refractivity contribution is -0.385. The van der Waals surface area contributed by atoms with Crippen LogP contribution < -0.4 is 10.6 Å². The number of amides is 1. The first-order valence-electron chi connectivity index (χ1n) is 6.29. The zero-order valence-corrected chi connectivity index (χ0v) is 11.3. The summed E-state index contributed by atoms with van der Waals surface area (Å²) >= 11 is 0. The van der Waals surface area contributed by atoms with Crippen LogP contribution in [0.15, 0.2) is 35.3 Å². The number of hydrogen-bond acceptors (Lipinski definition) is 6. The van der Waals surface area contributed by atoms with Crippen molar-refractivity contribution in [3.8, 4) is 0 Å². The van der Waals surface area contributed by atoms with Crippen molar-refractivity contribution < 1.29 is 14.1 Å². The van der Waals surface area contributed by atoms with Crippen molar-refractivity contribution in [2.75, 3.05) is 11.9 Å². The Balaban J connectivity index is 2.20. The Bertz CT molecular complexity index is 640. The van der Waals surface area contributed by atoms with Crippen molar-refractivity contribution in [2.45, 2.75) is 13.5 Å². The maximum Gasteiger partial charge on any atom is 0.300 e. The first-order chi connectivity index (χ1) is 10.1. The first kappa shape index (κ1) is 14.5. The van der Waals surface area contributed by atoms with Gasteiger partial charge in [0.25, 0.3) is 11.6 Å². The van der Waals surface area contributed by atoms with E-state index in [9.17, 15) is 14.9 Å². The first-order valence-corrected chi connectivity index (χ1v) is 6.29. The van der Waals surface area contributed by atoms with Gasteiger partial charge in [-0.05, 0) is 13.0 Å². The second kappa shape index (κ2) is 6.51. The minimum Gasteiger partial charge on any atom is -0.472 e. The van der Waals surface area contributed by atoms with Gasteiger partial charge in [-0.15, -0.1) is 0 Å². The van der Waals surface area contributed by atoms with E-state index in [2.05, 4.69) is 15.6 Å². The normalized spacial score (nSPS) is 10.1. The zero-order valence-electron chi connectivity index (χ0n) is 11.3. The van der Waals surface area contributed by atoms with Gasteiger partial charge in [-0.1, -0.05) is 0 Å². The molecule has 2 N–H and O–H groups in total. The highest BCUT2D eigenvalue weighted by Gasteiger charge is 2.21. The van der Waals surface area contributed by atoms with Crippen LogP contribution in [0, 0.1) is 10.1 Å². The molecule has 0 radical (unpaired) electrons. The molecular formula is C13H14N4O4. The monoisotopic (exact) mass is 290 g/mol. The molecule has 0 bridgehead atoms. The van der Waals surface area contributed by atoms with E-state index in [0.717, 1.165) is 11.8 Å². The number of furan rings is 1. The maximum atomic E-state index is 12.1. The third-order valence-electron chi connectivity index (χ3n) is 2.72. The molecule has 0 atom stereocenters. The van der Waals surface area contributed by atoms with E-state index in [-0.39, 0.29) is 17.8 Å². The highest BCUT2D eigenvalue weighted by Crippen LogP contribution is 2.20. The third kappa shape index (κ3) is 3.56. The van der Waals surface area contributed by atoms with E-state index in [1.54, 1.807) is 6.07 Å². The van der Waals surface area contributed by atoms with Crippen LogP contribution in [0.25, 0.3) is 0 Å². The van der Waals surface area contributed by atoms with Gasteiger partial charge in [0.2, 0.25) is 0 Å². The molecule has 0 aromatic carbocycles. The van der Waals surface area contributed by atoms with Crippen molar-refractivity contribution in [1.82, 2.24) is 10.3 Å². The fourth-order valence-electron chi connectivity index (χ4n) is 1.72. The molecule has 2 heterocycles. The summed E-state index contributed by atoms with van der Waals surface area (Å²) in [5, 5.41) is 16.5. The van der Waals surface area contributed by atoms with Gasteiger partial charge >= 0.3 is 0 Å². The molecule has 1 amide bonds. The number of rotatable bonds is 6. The molecule has 21 heavy (non-hydrogen) atoms. The molecule has 0 saturated heterocycles. The number of carbonyl (C=O) groups is 1. The predicted octanol–water partition coefficient (Wildman–Crippen LogP) is 1.94. The molecular weight excluding hydrogens is 276 g/mol. The SMILES string of the molecule is CCNc1cc(C(=O)NCc2ccoc2)c([N+](=O)[O-])cn1. The van der Waals surface area contributed by atoms with Crippen molar-refractivity contribution in [3.05, 3.63) is 52.1 Å². The van der Waals surface area contributed by atoms with Crippen LogP contribution in [-0.4, -0.2) is 22.4 Å². The highest BCUT2D eigenvalue weighted by atomic mass is 16.6. The molecule has 2 aromatic rings. The summed E-state index contributed by atoms with van der Waals surface area (Å²) in [5.74, 6) is -0.124. The Morgan fingerprint density at radius 3 is 2.95 bits per heavy atom. The van der Waals surface area contributed by atoms with Crippen molar-refractivity contribution in [2.24, 2.45) is 0 Å². The Kier molecular flexibility index (Phi) is 4.50. The Labute approximate surface area is 120 Å². The van der Waals surface area contributed by atoms with E-state index in [4.69, 9.17) is 4.42 Å². The standard InChI is InChI=1S/C13H14N4O4/c1-2-14-12-5-10(11(7-15-12)17(19)20)13(18)16-6-9-3-4-21-8-9/h3-5,7-8H,2,6H2,1H3,(H,14,15)(H,16,18). The second-order valence-electron chi connectivity index (χ2n) is 4.19. The summed E-state index contributed by atoms with van der Waals surface area (Å²) < 4.78 is 4.89. The van der Waals surface area contributed by atoms with Gasteiger partial charge in [0.15, 0.2) is 0 Å². The average Bonchev–Trinajstić information content (AvgIpc) is 2.98. The summed E-state index contributed by atoms with van der Waals surface area (Å²) in [5.41, 5.74) is 0.405. The van der Waals surface area contributed by atoms with Crippen molar-refractivity contribution in [3.63, 3.8) is 0 Å². The second-order valence-corrected chi connectivity index (χ2v) is 4.19. The Hall–Kier alpha value is -2.90. The van der Waals surface area contributed by atoms with Crippen molar-refractivity contribution in [1.29, 1.82) is 0 Å². The highest BCUT2D eigenvalue weighted by molar-refractivity contribution is 5.98. The largest absolute Gasteiger partial charge is 0.472 e. The molecule has 8 nitrogen and oxygen atoms in total. The van der Waals surface area contributed by atoms with Crippen LogP contribution in [0.4, 0.5) is 11.5 Å². The van der Waals surface area contributed by atoms with Gasteiger partial charge in [0.05, 0.1) is 17.4 Å². The van der Waals surface area contributed by atoms with Gasteiger partial charge in [-0.2, -0.15) is 0 Å². The lowest BCUT2D eigenvalue weighted by atomic mass is 10.2. The molecule has 0 aliphatic carbocycles. The van der Waals surface area contributed by atoms with Gasteiger partial charge in [0, 0.05) is 24.7 Å². The lowest BCUT2D eigenvalue weighted by Crippen LogP contribution is -2.23. The minimum absolute atomic E-state index is 0.0329. The van der Waals surface area contributed by atoms with Crippen LogP contribution in [0.2, 0.25) is 0 Å². The van der Waals surface area contributed by atoms with Crippen LogP contribution in [0.3, 0.4) is 0 Å². The Morgan fingerprint density at radius 1 is 1.52 bits per heavy atom. The van der Waals surface area contributed by atoms with E-state index in [1.165, 1.54) is 18.6 Å². The average molecular weight is 290 g/mol. The smallest absolute Gasteiger partial charge is 0.300 e. The molecule has 0 unspecified atom stereocenters. The van der Waals surface area contributed by atoms with Gasteiger partial charge in [0.1, 0.15) is 17.6 Å². The summed E-state index contributed by atoms with van der Waals surface area (Å²) in [7, 11) is 0. The molecule has 0 saturated carbocycles. The van der Waals surface area contributed by atoms with Crippen LogP contribution in [0.5, 0.6) is 0 Å². The van der Waals surface area contributed by atoms with E-state index in [0.29, 0.717) is 12.4 Å². The number of carbonyl (C=O) groups excluding carboxylic acids is 1. The molecule has 2 aromatic heterocycles. The third-order valence-corrected chi connectivity index (χ3v) is 2.72. The maximum absolute atomic E-state index is 12.1. The number of pyridine rings is 1. The molecule has 0 aliphatic rings. The summed E-state index contributed by atoms with van der Waals surface area (Å²) in [6.07, 6.45) is 4.05. The number of nitro groups is 1. The Morgan fingerprint density at radius 2 is 2.33 bits per heavy atom. The fourth-order valence-corrected chi connectivity index (χ4v) is 1.72. The zero-order chi connectivity index (χ0) is 15.2. The topological polar surface area (TPSA) is 110 Å². The predicted molar refractivity (Wildman–Crippen MR) is 74.9 cm³/mol. The molecule has 8 heteroatoms. The van der Waals surface area contributed by atoms with E-state index >= 15 is 0 Å². The molecule has 0 spiro atoms. The molecule has 0 fully saturated rings. The number of nitrogens with zero attached hydrogens (tertiary/aromatic N) is 2. The lowest BCUT2D eigenvalue weighted by Gasteiger charge is -2.07. The van der Waals surface area contributed by atoms with Crippen LogP contribution in [0.1, 0.15) is 22.8 Å². The summed E-state index contributed by atoms with van der Waals surface area (Å²) in [6, 6.07) is 3.07. The number of hydrogen-bond donors (Lipinski definition) is 2. The quantitative estimate of drug-likeness (QED) is 0.621. The number of anilines is 1. The number of nitrogens with one attached hydrogen (secondary N) is 2. The minimum atomic E-state index is -0.629. The van der Waals surface area contributed by atoms with Gasteiger partial charge in [-0.3, -0.25) is 14.9 Å². The van der Waals surface area contributed by atoms with Gasteiger partial charge < -0.3 is 15.1 Å². The summed E-state index contributed by atoms with van der Waals surface area (Å²) in [4.78, 5) is 26.4. The number of aromatic nitrogens is 1. The molecule has 2 rings (SSSR count). The van der Waals surface area contributed by atoms with Crippen LogP contribution >= 0.6 is 0 Å². The van der Waals surface area contributed by atoms with Crippen LogP contribution in [-0.2, 0) is 6.54 Å². The van der Waals surface area contributed by atoms with Crippen molar-refractivity contribution >= 4 is 17.4 Å². The van der Waals surface area contributed by atoms with E-state index < -0.39 is 10.8 Å². The van der Waals surface area contributed by atoms with Gasteiger partial charge in [-0.25, -0.2) is 4.98 Å². The fraction of sp³-hybridized carbons (Fsp3) is 0.231. The molecule has 0 aliphatic heterocycles. The van der Waals surface area contributed by atoms with E-state index in [1.807, 2.05) is 6.92 Å². The molecule has 110 valence electrons.